The van der Waals surface area contributed by atoms with Crippen molar-refractivity contribution in [2.24, 2.45) is 5.73 Å². The molecule has 2 N–H and O–H groups in total. The van der Waals surface area contributed by atoms with Crippen LogP contribution in [0.4, 0.5) is 0 Å². The normalized spacial score (nSPS) is 16.9. The molecule has 0 aliphatic heterocycles. The molecule has 3 aromatic heterocycles. The minimum Gasteiger partial charge on any atom is -0.329 e. The summed E-state index contributed by atoms with van der Waals surface area (Å²) < 4.78 is 1.80. The number of hydrogen-bond acceptors (Lipinski definition) is 6. The Kier molecular flexibility index (Phi) is 2.21. The van der Waals surface area contributed by atoms with Gasteiger partial charge in [0.25, 0.3) is 0 Å². The topological polar surface area (TPSA) is 82.0 Å². The molecule has 0 bridgehead atoms. The third kappa shape index (κ3) is 1.58. The molecule has 19 heavy (non-hydrogen) atoms. The average molecular weight is 272 g/mol. The first-order chi connectivity index (χ1) is 9.32. The van der Waals surface area contributed by atoms with E-state index >= 15 is 0 Å². The van der Waals surface area contributed by atoms with Crippen molar-refractivity contribution in [3.8, 4) is 11.4 Å². The Morgan fingerprint density at radius 3 is 2.95 bits per heavy atom. The van der Waals surface area contributed by atoms with E-state index in [1.807, 2.05) is 12.1 Å². The van der Waals surface area contributed by atoms with Crippen LogP contribution in [0.15, 0.2) is 24.5 Å². The van der Waals surface area contributed by atoms with Gasteiger partial charge in [-0.15, -0.1) is 10.2 Å². The minimum atomic E-state index is 0.0948. The van der Waals surface area contributed by atoms with E-state index in [9.17, 15) is 0 Å². The van der Waals surface area contributed by atoms with E-state index in [1.165, 1.54) is 0 Å². The zero-order valence-corrected chi connectivity index (χ0v) is 11.0. The Hall–Kier alpha value is -1.86. The molecule has 1 aliphatic carbocycles. The van der Waals surface area contributed by atoms with Crippen LogP contribution in [0.1, 0.15) is 17.8 Å². The average Bonchev–Trinajstić information content (AvgIpc) is 2.98. The molecule has 1 saturated carbocycles. The van der Waals surface area contributed by atoms with Gasteiger partial charge in [-0.3, -0.25) is 4.98 Å². The predicted octanol–water partition coefficient (Wildman–Crippen LogP) is 1.24. The van der Waals surface area contributed by atoms with E-state index < -0.39 is 0 Å². The maximum absolute atomic E-state index is 5.85. The third-order valence-electron chi connectivity index (χ3n) is 3.61. The first-order valence-electron chi connectivity index (χ1n) is 6.16. The summed E-state index contributed by atoms with van der Waals surface area (Å²) in [7, 11) is 0. The first kappa shape index (κ1) is 11.0. The third-order valence-corrected chi connectivity index (χ3v) is 4.75. The Bertz CT molecular complexity index is 727. The van der Waals surface area contributed by atoms with Crippen molar-refractivity contribution in [1.29, 1.82) is 0 Å². The van der Waals surface area contributed by atoms with Crippen molar-refractivity contribution >= 4 is 16.3 Å². The largest absolute Gasteiger partial charge is 0.329 e. The van der Waals surface area contributed by atoms with Crippen molar-refractivity contribution in [3.63, 3.8) is 0 Å². The molecule has 0 amide bonds. The fourth-order valence-electron chi connectivity index (χ4n) is 2.16. The molecule has 3 heterocycles. The lowest BCUT2D eigenvalue weighted by molar-refractivity contribution is 0.679. The van der Waals surface area contributed by atoms with Crippen molar-refractivity contribution in [3.05, 3.63) is 29.5 Å². The molecule has 0 unspecified atom stereocenters. The second-order valence-electron chi connectivity index (χ2n) is 4.85. The summed E-state index contributed by atoms with van der Waals surface area (Å²) in [6, 6.07) is 3.84. The maximum atomic E-state index is 5.85. The second kappa shape index (κ2) is 3.82. The lowest BCUT2D eigenvalue weighted by atomic mass is 10.1. The monoisotopic (exact) mass is 272 g/mol. The van der Waals surface area contributed by atoms with E-state index in [-0.39, 0.29) is 5.41 Å². The summed E-state index contributed by atoms with van der Waals surface area (Å²) in [5.41, 5.74) is 6.87. The second-order valence-corrected chi connectivity index (χ2v) is 5.81. The van der Waals surface area contributed by atoms with Gasteiger partial charge in [-0.1, -0.05) is 11.3 Å². The van der Waals surface area contributed by atoms with E-state index in [0.29, 0.717) is 6.54 Å². The van der Waals surface area contributed by atoms with Gasteiger partial charge in [-0.05, 0) is 25.0 Å². The van der Waals surface area contributed by atoms with Gasteiger partial charge in [-0.2, -0.15) is 9.61 Å². The highest BCUT2D eigenvalue weighted by atomic mass is 32.1. The lowest BCUT2D eigenvalue weighted by Crippen LogP contribution is -2.19. The fourth-order valence-corrected chi connectivity index (χ4v) is 3.26. The Labute approximate surface area is 113 Å². The van der Waals surface area contributed by atoms with Crippen LogP contribution in [-0.2, 0) is 5.41 Å². The standard InChI is InChI=1S/C12H12N6S/c13-7-12(3-4-12)10-17-18-9(15-16-11(18)19-10)8-2-1-5-14-6-8/h1-2,5-6H,3-4,7,13H2. The molecule has 1 aliphatic rings. The van der Waals surface area contributed by atoms with Crippen LogP contribution in [-0.4, -0.2) is 31.3 Å². The summed E-state index contributed by atoms with van der Waals surface area (Å²) in [4.78, 5) is 4.92. The summed E-state index contributed by atoms with van der Waals surface area (Å²) in [6.45, 7) is 0.652. The van der Waals surface area contributed by atoms with Crippen molar-refractivity contribution < 1.29 is 0 Å². The molecule has 3 aromatic rings. The van der Waals surface area contributed by atoms with Gasteiger partial charge in [0.2, 0.25) is 4.96 Å². The molecule has 0 aromatic carbocycles. The summed E-state index contributed by atoms with van der Waals surface area (Å²) in [6.07, 6.45) is 5.75. The smallest absolute Gasteiger partial charge is 0.234 e. The molecule has 96 valence electrons. The molecule has 0 saturated heterocycles. The molecule has 0 radical (unpaired) electrons. The molecule has 1 fully saturated rings. The molecule has 6 nitrogen and oxygen atoms in total. The highest BCUT2D eigenvalue weighted by molar-refractivity contribution is 7.16. The fraction of sp³-hybridized carbons (Fsp3) is 0.333. The number of nitrogens with two attached hydrogens (primary N) is 1. The lowest BCUT2D eigenvalue weighted by Gasteiger charge is -2.05. The molecular weight excluding hydrogens is 260 g/mol. The Morgan fingerprint density at radius 1 is 1.37 bits per heavy atom. The van der Waals surface area contributed by atoms with Gasteiger partial charge < -0.3 is 5.73 Å². The van der Waals surface area contributed by atoms with Gasteiger partial charge in [-0.25, -0.2) is 0 Å². The van der Waals surface area contributed by atoms with E-state index in [0.717, 1.165) is 34.2 Å². The Balaban J connectivity index is 1.86. The number of nitrogens with zero attached hydrogens (tertiary/aromatic N) is 5. The van der Waals surface area contributed by atoms with Gasteiger partial charge in [0.15, 0.2) is 5.82 Å². The number of aromatic nitrogens is 5. The van der Waals surface area contributed by atoms with Crippen LogP contribution in [0.5, 0.6) is 0 Å². The van der Waals surface area contributed by atoms with E-state index in [1.54, 1.807) is 28.2 Å². The zero-order chi connectivity index (χ0) is 12.9. The molecule has 0 spiro atoms. The van der Waals surface area contributed by atoms with E-state index in [2.05, 4.69) is 20.3 Å². The number of fused-ring (bicyclic) bond motifs is 1. The Morgan fingerprint density at radius 2 is 2.26 bits per heavy atom. The van der Waals surface area contributed by atoms with Crippen molar-refractivity contribution in [2.75, 3.05) is 6.54 Å². The van der Waals surface area contributed by atoms with Crippen molar-refractivity contribution in [1.82, 2.24) is 24.8 Å². The zero-order valence-electron chi connectivity index (χ0n) is 10.2. The van der Waals surface area contributed by atoms with Crippen LogP contribution in [0.25, 0.3) is 16.3 Å². The molecule has 7 heteroatoms. The van der Waals surface area contributed by atoms with Crippen molar-refractivity contribution in [2.45, 2.75) is 18.3 Å². The van der Waals surface area contributed by atoms with Gasteiger partial charge in [0, 0.05) is 29.9 Å². The van der Waals surface area contributed by atoms with Gasteiger partial charge in [0.1, 0.15) is 5.01 Å². The highest BCUT2D eigenvalue weighted by Gasteiger charge is 2.46. The predicted molar refractivity (Wildman–Crippen MR) is 71.9 cm³/mol. The van der Waals surface area contributed by atoms with Gasteiger partial charge in [0.05, 0.1) is 0 Å². The maximum Gasteiger partial charge on any atom is 0.234 e. The summed E-state index contributed by atoms with van der Waals surface area (Å²) in [5, 5.41) is 14.1. The number of rotatable bonds is 3. The SMILES string of the molecule is NCC1(c2nn3c(-c4cccnc4)nnc3s2)CC1. The van der Waals surface area contributed by atoms with Crippen LogP contribution >= 0.6 is 11.3 Å². The van der Waals surface area contributed by atoms with Crippen LogP contribution < -0.4 is 5.73 Å². The molecule has 0 atom stereocenters. The van der Waals surface area contributed by atoms with E-state index in [4.69, 9.17) is 5.73 Å². The van der Waals surface area contributed by atoms with Crippen LogP contribution in [0, 0.1) is 0 Å². The highest BCUT2D eigenvalue weighted by Crippen LogP contribution is 2.48. The van der Waals surface area contributed by atoms with Crippen LogP contribution in [0.3, 0.4) is 0 Å². The molecule has 4 rings (SSSR count). The molecular formula is C12H12N6S. The van der Waals surface area contributed by atoms with Gasteiger partial charge >= 0.3 is 0 Å². The summed E-state index contributed by atoms with van der Waals surface area (Å²) in [5.74, 6) is 0.735. The number of hydrogen-bond donors (Lipinski definition) is 1. The summed E-state index contributed by atoms with van der Waals surface area (Å²) >= 11 is 1.58. The number of pyridine rings is 1. The first-order valence-corrected chi connectivity index (χ1v) is 6.97. The quantitative estimate of drug-likeness (QED) is 0.775. The minimum absolute atomic E-state index is 0.0948. The van der Waals surface area contributed by atoms with Crippen LogP contribution in [0.2, 0.25) is 0 Å².